The first-order chi connectivity index (χ1) is 4.33. The monoisotopic (exact) mass is 124 g/mol. The van der Waals surface area contributed by atoms with E-state index in [4.69, 9.17) is 11.5 Å². The Balaban J connectivity index is 2.88. The minimum atomic E-state index is 0.410. The average molecular weight is 124 g/mol. The highest BCUT2D eigenvalue weighted by Crippen LogP contribution is 1.92. The fourth-order valence-corrected chi connectivity index (χ4v) is 0.470. The first kappa shape index (κ1) is 5.97. The molecule has 1 heterocycles. The Bertz CT molecular complexity index is 181. The summed E-state index contributed by atoms with van der Waals surface area (Å²) in [6, 6.07) is 0. The van der Waals surface area contributed by atoms with E-state index in [0.717, 1.165) is 5.69 Å². The molecule has 0 aromatic carbocycles. The van der Waals surface area contributed by atoms with Gasteiger partial charge in [-0.1, -0.05) is 0 Å². The van der Waals surface area contributed by atoms with E-state index in [0.29, 0.717) is 12.4 Å². The molecule has 0 bridgehead atoms. The van der Waals surface area contributed by atoms with E-state index >= 15 is 0 Å². The molecular weight excluding hydrogens is 116 g/mol. The Morgan fingerprint density at radius 2 is 2.11 bits per heavy atom. The largest absolute Gasteiger partial charge is 0.382 e. The molecule has 0 amide bonds. The SMILES string of the molecule is NCc1cnc(N)cn1. The van der Waals surface area contributed by atoms with Crippen molar-refractivity contribution in [2.24, 2.45) is 5.73 Å². The molecule has 9 heavy (non-hydrogen) atoms. The van der Waals surface area contributed by atoms with Gasteiger partial charge in [-0.15, -0.1) is 0 Å². The molecule has 1 aromatic rings. The fourth-order valence-electron chi connectivity index (χ4n) is 0.470. The molecule has 0 saturated heterocycles. The van der Waals surface area contributed by atoms with Crippen LogP contribution >= 0.6 is 0 Å². The smallest absolute Gasteiger partial charge is 0.141 e. The van der Waals surface area contributed by atoms with Crippen molar-refractivity contribution < 1.29 is 0 Å². The van der Waals surface area contributed by atoms with Gasteiger partial charge in [0.15, 0.2) is 0 Å². The van der Waals surface area contributed by atoms with Crippen molar-refractivity contribution in [3.8, 4) is 0 Å². The van der Waals surface area contributed by atoms with Crippen LogP contribution in [0.5, 0.6) is 0 Å². The maximum atomic E-state index is 5.27. The molecule has 0 aliphatic rings. The second kappa shape index (κ2) is 2.41. The first-order valence-electron chi connectivity index (χ1n) is 2.59. The van der Waals surface area contributed by atoms with Crippen LogP contribution in [0.1, 0.15) is 5.69 Å². The maximum absolute atomic E-state index is 5.27. The lowest BCUT2D eigenvalue weighted by Crippen LogP contribution is -2.01. The van der Waals surface area contributed by atoms with Gasteiger partial charge < -0.3 is 11.5 Å². The quantitative estimate of drug-likeness (QED) is 0.530. The number of nitrogens with two attached hydrogens (primary N) is 2. The van der Waals surface area contributed by atoms with E-state index in [2.05, 4.69) is 9.97 Å². The summed E-state index contributed by atoms with van der Waals surface area (Å²) in [7, 11) is 0. The number of rotatable bonds is 1. The lowest BCUT2D eigenvalue weighted by molar-refractivity contribution is 0.967. The zero-order valence-electron chi connectivity index (χ0n) is 4.91. The highest BCUT2D eigenvalue weighted by Gasteiger charge is 1.88. The molecule has 4 heteroatoms. The van der Waals surface area contributed by atoms with Crippen molar-refractivity contribution in [3.05, 3.63) is 18.1 Å². The molecule has 4 N–H and O–H groups in total. The fraction of sp³-hybridized carbons (Fsp3) is 0.200. The molecule has 4 nitrogen and oxygen atoms in total. The van der Waals surface area contributed by atoms with Gasteiger partial charge in [-0.3, -0.25) is 4.98 Å². The predicted octanol–water partition coefficient (Wildman–Crippen LogP) is -0.483. The van der Waals surface area contributed by atoms with Gasteiger partial charge in [-0.05, 0) is 0 Å². The average Bonchev–Trinajstić information content (AvgIpc) is 1.90. The van der Waals surface area contributed by atoms with E-state index in [1.165, 1.54) is 6.20 Å². The number of anilines is 1. The minimum absolute atomic E-state index is 0.410. The van der Waals surface area contributed by atoms with E-state index in [1.54, 1.807) is 6.20 Å². The van der Waals surface area contributed by atoms with Gasteiger partial charge >= 0.3 is 0 Å². The van der Waals surface area contributed by atoms with Crippen molar-refractivity contribution in [2.75, 3.05) is 5.73 Å². The van der Waals surface area contributed by atoms with Crippen LogP contribution in [-0.4, -0.2) is 9.97 Å². The second-order valence-electron chi connectivity index (χ2n) is 1.64. The molecule has 0 radical (unpaired) electrons. The van der Waals surface area contributed by atoms with Gasteiger partial charge in [0.1, 0.15) is 5.82 Å². The van der Waals surface area contributed by atoms with Crippen molar-refractivity contribution in [1.29, 1.82) is 0 Å². The lowest BCUT2D eigenvalue weighted by Gasteiger charge is -1.92. The maximum Gasteiger partial charge on any atom is 0.141 e. The van der Waals surface area contributed by atoms with Gasteiger partial charge in [0.25, 0.3) is 0 Å². The minimum Gasteiger partial charge on any atom is -0.382 e. The van der Waals surface area contributed by atoms with Crippen LogP contribution in [0.15, 0.2) is 12.4 Å². The van der Waals surface area contributed by atoms with E-state index in [1.807, 2.05) is 0 Å². The van der Waals surface area contributed by atoms with Crippen LogP contribution in [0.4, 0.5) is 5.82 Å². The Labute approximate surface area is 52.9 Å². The molecule has 0 saturated carbocycles. The van der Waals surface area contributed by atoms with Crippen molar-refractivity contribution in [1.82, 2.24) is 9.97 Å². The Morgan fingerprint density at radius 3 is 2.56 bits per heavy atom. The van der Waals surface area contributed by atoms with Gasteiger partial charge in [-0.25, -0.2) is 4.98 Å². The van der Waals surface area contributed by atoms with Crippen LogP contribution in [0.3, 0.4) is 0 Å². The topological polar surface area (TPSA) is 77.8 Å². The molecule has 0 unspecified atom stereocenters. The van der Waals surface area contributed by atoms with E-state index < -0.39 is 0 Å². The van der Waals surface area contributed by atoms with Crippen LogP contribution < -0.4 is 11.5 Å². The second-order valence-corrected chi connectivity index (χ2v) is 1.64. The van der Waals surface area contributed by atoms with Crippen LogP contribution in [0, 0.1) is 0 Å². The van der Waals surface area contributed by atoms with E-state index in [9.17, 15) is 0 Å². The van der Waals surface area contributed by atoms with Crippen molar-refractivity contribution in [3.63, 3.8) is 0 Å². The highest BCUT2D eigenvalue weighted by atomic mass is 14.9. The highest BCUT2D eigenvalue weighted by molar-refractivity contribution is 5.22. The molecule has 0 atom stereocenters. The van der Waals surface area contributed by atoms with Gasteiger partial charge in [-0.2, -0.15) is 0 Å². The molecule has 0 fully saturated rings. The van der Waals surface area contributed by atoms with E-state index in [-0.39, 0.29) is 0 Å². The van der Waals surface area contributed by atoms with Gasteiger partial charge in [0.05, 0.1) is 18.1 Å². The molecule has 0 aliphatic heterocycles. The van der Waals surface area contributed by atoms with Gasteiger partial charge in [0, 0.05) is 6.54 Å². The molecular formula is C5H8N4. The Kier molecular flexibility index (Phi) is 1.60. The predicted molar refractivity (Wildman–Crippen MR) is 34.3 cm³/mol. The number of hydrogen-bond donors (Lipinski definition) is 2. The number of hydrogen-bond acceptors (Lipinski definition) is 4. The summed E-state index contributed by atoms with van der Waals surface area (Å²) in [5.41, 5.74) is 11.3. The Hall–Kier alpha value is -1.16. The summed E-state index contributed by atoms with van der Waals surface area (Å²) >= 11 is 0. The van der Waals surface area contributed by atoms with Gasteiger partial charge in [0.2, 0.25) is 0 Å². The van der Waals surface area contributed by atoms with Crippen molar-refractivity contribution in [2.45, 2.75) is 6.54 Å². The molecule has 0 spiro atoms. The first-order valence-corrected chi connectivity index (χ1v) is 2.59. The Morgan fingerprint density at radius 1 is 1.33 bits per heavy atom. The molecule has 1 aromatic heterocycles. The normalized spacial score (nSPS) is 9.44. The summed E-state index contributed by atoms with van der Waals surface area (Å²) in [6.45, 7) is 0.410. The third-order valence-electron chi connectivity index (χ3n) is 0.934. The summed E-state index contributed by atoms with van der Waals surface area (Å²) in [5, 5.41) is 0. The van der Waals surface area contributed by atoms with Crippen LogP contribution in [0.25, 0.3) is 0 Å². The standard InChI is InChI=1S/C5H8N4/c6-1-4-2-9-5(7)3-8-4/h2-3H,1,6H2,(H2,7,9). The molecule has 1 rings (SSSR count). The summed E-state index contributed by atoms with van der Waals surface area (Å²) in [4.78, 5) is 7.67. The number of nitrogens with zero attached hydrogens (tertiary/aromatic N) is 2. The molecule has 0 aliphatic carbocycles. The summed E-state index contributed by atoms with van der Waals surface area (Å²) < 4.78 is 0. The molecule has 48 valence electrons. The zero-order valence-corrected chi connectivity index (χ0v) is 4.91. The third kappa shape index (κ3) is 1.36. The lowest BCUT2D eigenvalue weighted by atomic mass is 10.4. The van der Waals surface area contributed by atoms with Crippen LogP contribution in [-0.2, 0) is 6.54 Å². The summed E-state index contributed by atoms with van der Waals surface area (Å²) in [6.07, 6.45) is 3.05. The summed E-state index contributed by atoms with van der Waals surface area (Å²) in [5.74, 6) is 0.423. The zero-order chi connectivity index (χ0) is 6.69. The van der Waals surface area contributed by atoms with Crippen LogP contribution in [0.2, 0.25) is 0 Å². The number of nitrogen functional groups attached to an aromatic ring is 1. The number of aromatic nitrogens is 2. The van der Waals surface area contributed by atoms with Crippen molar-refractivity contribution >= 4 is 5.82 Å². The third-order valence-corrected chi connectivity index (χ3v) is 0.934.